The van der Waals surface area contributed by atoms with Gasteiger partial charge in [-0.2, -0.15) is 0 Å². The molecule has 0 saturated heterocycles. The summed E-state index contributed by atoms with van der Waals surface area (Å²) in [6, 6.07) is 7.88. The smallest absolute Gasteiger partial charge is 0.168 e. The highest BCUT2D eigenvalue weighted by Crippen LogP contribution is 2.45. The van der Waals surface area contributed by atoms with Crippen LogP contribution < -0.4 is 0 Å². The van der Waals surface area contributed by atoms with Crippen molar-refractivity contribution in [3.05, 3.63) is 29.8 Å². The summed E-state index contributed by atoms with van der Waals surface area (Å²) in [5.41, 5.74) is 0.893. The van der Waals surface area contributed by atoms with Gasteiger partial charge in [0.1, 0.15) is 0 Å². The first-order valence-corrected chi connectivity index (χ1v) is 6.66. The number of Topliss-reactive ketones (excluding diaryl/α,β-unsaturated/α-hetero) is 1. The van der Waals surface area contributed by atoms with Gasteiger partial charge in [0.15, 0.2) is 5.78 Å². The zero-order valence-electron chi connectivity index (χ0n) is 10.7. The quantitative estimate of drug-likeness (QED) is 0.663. The van der Waals surface area contributed by atoms with E-state index in [2.05, 4.69) is 13.8 Å². The average Bonchev–Trinajstić information content (AvgIpc) is 2.29. The molecular formula is C14H20OS. The lowest BCUT2D eigenvalue weighted by Gasteiger charge is -2.35. The maximum Gasteiger partial charge on any atom is 0.168 e. The summed E-state index contributed by atoms with van der Waals surface area (Å²) in [5.74, 6) is 0.381. The SMILES string of the molecule is CC.CC1C(=O)c2ccccc2SC1(C)C. The van der Waals surface area contributed by atoms with E-state index in [1.807, 2.05) is 45.0 Å². The monoisotopic (exact) mass is 236 g/mol. The maximum atomic E-state index is 12.0. The van der Waals surface area contributed by atoms with E-state index in [1.54, 1.807) is 11.8 Å². The number of fused-ring (bicyclic) bond motifs is 1. The van der Waals surface area contributed by atoms with Crippen LogP contribution in [-0.2, 0) is 0 Å². The number of carbonyl (C=O) groups excluding carboxylic acids is 1. The molecular weight excluding hydrogens is 216 g/mol. The van der Waals surface area contributed by atoms with Gasteiger partial charge in [-0.1, -0.05) is 39.0 Å². The second kappa shape index (κ2) is 5.05. The molecule has 16 heavy (non-hydrogen) atoms. The maximum absolute atomic E-state index is 12.0. The van der Waals surface area contributed by atoms with Crippen LogP contribution in [-0.4, -0.2) is 10.5 Å². The van der Waals surface area contributed by atoms with Gasteiger partial charge in [-0.3, -0.25) is 4.79 Å². The fourth-order valence-corrected chi connectivity index (χ4v) is 2.96. The molecule has 1 aromatic rings. The van der Waals surface area contributed by atoms with Gasteiger partial charge < -0.3 is 0 Å². The lowest BCUT2D eigenvalue weighted by Crippen LogP contribution is -2.35. The minimum absolute atomic E-state index is 0.0193. The highest BCUT2D eigenvalue weighted by molar-refractivity contribution is 8.00. The average molecular weight is 236 g/mol. The standard InChI is InChI=1S/C12H14OS.C2H6/c1-8-11(13)9-6-4-5-7-10(9)14-12(8,2)3;1-2/h4-8H,1-3H3;1-2H3. The number of ketones is 1. The van der Waals surface area contributed by atoms with Crippen molar-refractivity contribution in [2.45, 2.75) is 44.3 Å². The van der Waals surface area contributed by atoms with Crippen LogP contribution in [0.2, 0.25) is 0 Å². The van der Waals surface area contributed by atoms with Crippen LogP contribution >= 0.6 is 11.8 Å². The molecule has 0 bridgehead atoms. The molecule has 1 unspecified atom stereocenters. The summed E-state index contributed by atoms with van der Waals surface area (Å²) in [4.78, 5) is 13.1. The number of benzene rings is 1. The van der Waals surface area contributed by atoms with Crippen LogP contribution in [0.1, 0.15) is 45.0 Å². The molecule has 0 amide bonds. The first-order valence-electron chi connectivity index (χ1n) is 5.84. The molecule has 1 atom stereocenters. The van der Waals surface area contributed by atoms with E-state index in [-0.39, 0.29) is 16.4 Å². The molecule has 1 heterocycles. The Hall–Kier alpha value is -0.760. The molecule has 0 aromatic heterocycles. The van der Waals surface area contributed by atoms with E-state index in [0.29, 0.717) is 0 Å². The van der Waals surface area contributed by atoms with E-state index >= 15 is 0 Å². The number of rotatable bonds is 0. The predicted molar refractivity (Wildman–Crippen MR) is 71.2 cm³/mol. The normalized spacial score (nSPS) is 21.8. The van der Waals surface area contributed by atoms with Gasteiger partial charge >= 0.3 is 0 Å². The molecule has 2 rings (SSSR count). The zero-order valence-corrected chi connectivity index (χ0v) is 11.5. The van der Waals surface area contributed by atoms with Crippen LogP contribution in [0, 0.1) is 5.92 Å². The summed E-state index contributed by atoms with van der Waals surface area (Å²) < 4.78 is 0.0193. The molecule has 0 spiro atoms. The molecule has 0 radical (unpaired) electrons. The molecule has 2 heteroatoms. The van der Waals surface area contributed by atoms with Crippen LogP contribution in [0.15, 0.2) is 29.2 Å². The van der Waals surface area contributed by atoms with Crippen LogP contribution in [0.5, 0.6) is 0 Å². The second-order valence-corrected chi connectivity index (χ2v) is 5.98. The summed E-state index contributed by atoms with van der Waals surface area (Å²) >= 11 is 1.81. The molecule has 1 aliphatic heterocycles. The van der Waals surface area contributed by atoms with Gasteiger partial charge in [-0.25, -0.2) is 0 Å². The number of thioether (sulfide) groups is 1. The Morgan fingerprint density at radius 3 is 2.38 bits per heavy atom. The summed E-state index contributed by atoms with van der Waals surface area (Å²) in [7, 11) is 0. The van der Waals surface area contributed by atoms with Crippen molar-refractivity contribution in [1.82, 2.24) is 0 Å². The molecule has 1 aliphatic rings. The van der Waals surface area contributed by atoms with Gasteiger partial charge in [0.05, 0.1) is 0 Å². The molecule has 0 saturated carbocycles. The van der Waals surface area contributed by atoms with E-state index in [9.17, 15) is 4.79 Å². The van der Waals surface area contributed by atoms with Crippen LogP contribution in [0.3, 0.4) is 0 Å². The van der Waals surface area contributed by atoms with Gasteiger partial charge in [0.2, 0.25) is 0 Å². The lowest BCUT2D eigenvalue weighted by atomic mass is 9.88. The molecule has 0 aliphatic carbocycles. The number of carbonyl (C=O) groups is 1. The van der Waals surface area contributed by atoms with E-state index in [0.717, 1.165) is 10.5 Å². The van der Waals surface area contributed by atoms with E-state index in [1.165, 1.54) is 0 Å². The first kappa shape index (κ1) is 13.3. The van der Waals surface area contributed by atoms with E-state index < -0.39 is 0 Å². The van der Waals surface area contributed by atoms with Crippen molar-refractivity contribution in [3.8, 4) is 0 Å². The Kier molecular flexibility index (Phi) is 4.20. The largest absolute Gasteiger partial charge is 0.294 e. The minimum atomic E-state index is 0.0193. The van der Waals surface area contributed by atoms with Gasteiger partial charge in [0.25, 0.3) is 0 Å². The third kappa shape index (κ3) is 2.32. The van der Waals surface area contributed by atoms with E-state index in [4.69, 9.17) is 0 Å². The van der Waals surface area contributed by atoms with Crippen molar-refractivity contribution < 1.29 is 4.79 Å². The molecule has 88 valence electrons. The van der Waals surface area contributed by atoms with Crippen molar-refractivity contribution >= 4 is 17.5 Å². The van der Waals surface area contributed by atoms with Crippen LogP contribution in [0.25, 0.3) is 0 Å². The Bertz CT molecular complexity index is 382. The number of hydrogen-bond donors (Lipinski definition) is 0. The second-order valence-electron chi connectivity index (χ2n) is 4.29. The Morgan fingerprint density at radius 1 is 1.19 bits per heavy atom. The fourth-order valence-electron chi connectivity index (χ4n) is 1.68. The highest BCUT2D eigenvalue weighted by Gasteiger charge is 2.38. The highest BCUT2D eigenvalue weighted by atomic mass is 32.2. The number of hydrogen-bond acceptors (Lipinski definition) is 2. The van der Waals surface area contributed by atoms with Gasteiger partial charge in [-0.15, -0.1) is 11.8 Å². The molecule has 1 aromatic carbocycles. The topological polar surface area (TPSA) is 17.1 Å². The summed E-state index contributed by atoms with van der Waals surface area (Å²) in [6.45, 7) is 10.3. The summed E-state index contributed by atoms with van der Waals surface area (Å²) in [6.07, 6.45) is 0. The first-order chi connectivity index (χ1) is 7.52. The predicted octanol–water partition coefficient (Wildman–Crippen LogP) is 4.42. The lowest BCUT2D eigenvalue weighted by molar-refractivity contribution is 0.0903. The Labute approximate surface area is 103 Å². The van der Waals surface area contributed by atoms with Gasteiger partial charge in [0, 0.05) is 21.1 Å². The Balaban J connectivity index is 0.000000606. The minimum Gasteiger partial charge on any atom is -0.294 e. The molecule has 0 N–H and O–H groups in total. The summed E-state index contributed by atoms with van der Waals surface area (Å²) in [5, 5.41) is 0. The van der Waals surface area contributed by atoms with Gasteiger partial charge in [-0.05, 0) is 19.9 Å². The van der Waals surface area contributed by atoms with Crippen molar-refractivity contribution in [2.24, 2.45) is 5.92 Å². The van der Waals surface area contributed by atoms with Crippen molar-refractivity contribution in [3.63, 3.8) is 0 Å². The van der Waals surface area contributed by atoms with Crippen LogP contribution in [0.4, 0.5) is 0 Å². The third-order valence-electron chi connectivity index (χ3n) is 2.96. The van der Waals surface area contributed by atoms with Crippen molar-refractivity contribution in [1.29, 1.82) is 0 Å². The zero-order chi connectivity index (χ0) is 12.3. The Morgan fingerprint density at radius 2 is 1.75 bits per heavy atom. The third-order valence-corrected chi connectivity index (χ3v) is 4.42. The molecule has 0 fully saturated rings. The fraction of sp³-hybridized carbons (Fsp3) is 0.500. The van der Waals surface area contributed by atoms with Crippen molar-refractivity contribution in [2.75, 3.05) is 0 Å². The molecule has 1 nitrogen and oxygen atoms in total.